The van der Waals surface area contributed by atoms with Crippen molar-refractivity contribution in [1.82, 2.24) is 25.1 Å². The van der Waals surface area contributed by atoms with Crippen molar-refractivity contribution in [3.05, 3.63) is 83.7 Å². The molecule has 2 heterocycles. The van der Waals surface area contributed by atoms with Crippen LogP contribution in [-0.2, 0) is 6.54 Å². The number of hydrogen-bond acceptors (Lipinski definition) is 5. The Morgan fingerprint density at radius 1 is 1.03 bits per heavy atom. The molecule has 180 valence electrons. The van der Waals surface area contributed by atoms with Gasteiger partial charge in [-0.25, -0.2) is 14.6 Å². The predicted molar refractivity (Wildman–Crippen MR) is 143 cm³/mol. The Morgan fingerprint density at radius 2 is 1.75 bits per heavy atom. The van der Waals surface area contributed by atoms with Crippen molar-refractivity contribution >= 4 is 33.5 Å². The highest BCUT2D eigenvalue weighted by Gasteiger charge is 2.24. The molecule has 7 nitrogen and oxygen atoms in total. The fraction of sp³-hybridized carbons (Fsp3) is 0.241. The van der Waals surface area contributed by atoms with Crippen LogP contribution in [0.1, 0.15) is 53.2 Å². The highest BCUT2D eigenvalue weighted by atomic mass is 16.1. The van der Waals surface area contributed by atoms with E-state index in [4.69, 9.17) is 10.8 Å². The molecule has 0 saturated heterocycles. The largest absolute Gasteiger partial charge is 0.383 e. The maximum absolute atomic E-state index is 12.9. The lowest BCUT2D eigenvalue weighted by Crippen LogP contribution is -2.23. The quantitative estimate of drug-likeness (QED) is 0.345. The number of nitrogens with two attached hydrogens (primary N) is 1. The van der Waals surface area contributed by atoms with E-state index in [9.17, 15) is 4.79 Å². The van der Waals surface area contributed by atoms with Crippen molar-refractivity contribution in [2.24, 2.45) is 0 Å². The lowest BCUT2D eigenvalue weighted by atomic mass is 10.0. The molecule has 0 bridgehead atoms. The minimum Gasteiger partial charge on any atom is -0.383 e. The topological polar surface area (TPSA) is 98.7 Å². The first kappa shape index (κ1) is 22.2. The summed E-state index contributed by atoms with van der Waals surface area (Å²) in [5, 5.41) is 11.0. The van der Waals surface area contributed by atoms with Gasteiger partial charge in [0.1, 0.15) is 17.8 Å². The Labute approximate surface area is 209 Å². The summed E-state index contributed by atoms with van der Waals surface area (Å²) in [5.74, 6) is 0.370. The third-order valence-electron chi connectivity index (χ3n) is 7.21. The molecule has 36 heavy (non-hydrogen) atoms. The summed E-state index contributed by atoms with van der Waals surface area (Å²) in [5.41, 5.74) is 11.5. The first-order valence-corrected chi connectivity index (χ1v) is 12.4. The Balaban J connectivity index is 1.23. The van der Waals surface area contributed by atoms with E-state index >= 15 is 0 Å². The maximum Gasteiger partial charge on any atom is 0.251 e. The number of benzene rings is 3. The van der Waals surface area contributed by atoms with Crippen LogP contribution in [-0.4, -0.2) is 25.7 Å². The Morgan fingerprint density at radius 3 is 2.50 bits per heavy atom. The van der Waals surface area contributed by atoms with Gasteiger partial charge >= 0.3 is 0 Å². The van der Waals surface area contributed by atoms with E-state index in [1.807, 2.05) is 60.1 Å². The third-order valence-corrected chi connectivity index (χ3v) is 7.21. The third kappa shape index (κ3) is 3.96. The summed E-state index contributed by atoms with van der Waals surface area (Å²) in [4.78, 5) is 21.7. The standard InChI is InChI=1S/C29H28N6O/c1-18-14-21-6-2-3-7-22(21)15-24(18)29(36)31-16-19-10-12-20(13-11-19)26-25-27(30)32-17-33-28(25)35(34-26)23-8-4-5-9-23/h2-3,6-7,10-15,17,23H,4-5,8-9,16H2,1H3,(H,31,36)(H2,30,32,33). The number of carbonyl (C=O) groups excluding carboxylic acids is 1. The Kier molecular flexibility index (Phi) is 5.60. The van der Waals surface area contributed by atoms with Gasteiger partial charge in [-0.1, -0.05) is 67.4 Å². The smallest absolute Gasteiger partial charge is 0.251 e. The molecule has 7 heteroatoms. The van der Waals surface area contributed by atoms with Gasteiger partial charge in [0.15, 0.2) is 5.65 Å². The molecule has 0 unspecified atom stereocenters. The summed E-state index contributed by atoms with van der Waals surface area (Å²) < 4.78 is 2.04. The summed E-state index contributed by atoms with van der Waals surface area (Å²) in [6.45, 7) is 2.41. The van der Waals surface area contributed by atoms with Crippen molar-refractivity contribution in [3.63, 3.8) is 0 Å². The summed E-state index contributed by atoms with van der Waals surface area (Å²) in [6, 6.07) is 20.5. The molecule has 1 saturated carbocycles. The van der Waals surface area contributed by atoms with Crippen LogP contribution in [0, 0.1) is 6.92 Å². The molecule has 0 aliphatic heterocycles. The van der Waals surface area contributed by atoms with Crippen LogP contribution >= 0.6 is 0 Å². The van der Waals surface area contributed by atoms with Gasteiger partial charge in [0.05, 0.1) is 11.4 Å². The molecule has 3 N–H and O–H groups in total. The highest BCUT2D eigenvalue weighted by molar-refractivity contribution is 6.00. The second-order valence-electron chi connectivity index (χ2n) is 9.58. The highest BCUT2D eigenvalue weighted by Crippen LogP contribution is 2.36. The molecule has 0 spiro atoms. The molecule has 5 aromatic rings. The van der Waals surface area contributed by atoms with E-state index in [0.29, 0.717) is 24.0 Å². The molecule has 1 fully saturated rings. The minimum atomic E-state index is -0.0754. The second kappa shape index (κ2) is 9.07. The van der Waals surface area contributed by atoms with E-state index in [1.165, 1.54) is 19.2 Å². The molecule has 0 radical (unpaired) electrons. The Bertz CT molecular complexity index is 1580. The molecule has 1 amide bonds. The summed E-state index contributed by atoms with van der Waals surface area (Å²) in [7, 11) is 0. The van der Waals surface area contributed by atoms with Crippen LogP contribution in [0.4, 0.5) is 5.82 Å². The van der Waals surface area contributed by atoms with Crippen LogP contribution in [0.5, 0.6) is 0 Å². The minimum absolute atomic E-state index is 0.0754. The van der Waals surface area contributed by atoms with Crippen LogP contribution < -0.4 is 11.1 Å². The van der Waals surface area contributed by atoms with Gasteiger partial charge in [0, 0.05) is 17.7 Å². The van der Waals surface area contributed by atoms with Gasteiger partial charge in [0.25, 0.3) is 5.91 Å². The fourth-order valence-electron chi connectivity index (χ4n) is 5.26. The number of hydrogen-bond donors (Lipinski definition) is 2. The van der Waals surface area contributed by atoms with Gasteiger partial charge in [-0.05, 0) is 47.7 Å². The fourth-order valence-corrected chi connectivity index (χ4v) is 5.26. The predicted octanol–water partition coefficient (Wildman–Crippen LogP) is 5.58. The van der Waals surface area contributed by atoms with Crippen molar-refractivity contribution in [2.75, 3.05) is 5.73 Å². The lowest BCUT2D eigenvalue weighted by Gasteiger charge is -2.10. The molecule has 1 aliphatic rings. The summed E-state index contributed by atoms with van der Waals surface area (Å²) >= 11 is 0. The van der Waals surface area contributed by atoms with Crippen molar-refractivity contribution < 1.29 is 4.79 Å². The SMILES string of the molecule is Cc1cc2ccccc2cc1C(=O)NCc1ccc(-c2nn(C3CCCC3)c3ncnc(N)c23)cc1. The molecular formula is C29H28N6O. The van der Waals surface area contributed by atoms with Gasteiger partial charge < -0.3 is 11.1 Å². The number of carbonyl (C=O) groups is 1. The van der Waals surface area contributed by atoms with Crippen LogP contribution in [0.15, 0.2) is 67.0 Å². The Hall–Kier alpha value is -4.26. The van der Waals surface area contributed by atoms with E-state index in [-0.39, 0.29) is 5.91 Å². The van der Waals surface area contributed by atoms with Crippen LogP contribution in [0.3, 0.4) is 0 Å². The van der Waals surface area contributed by atoms with E-state index < -0.39 is 0 Å². The first-order valence-electron chi connectivity index (χ1n) is 12.4. The van der Waals surface area contributed by atoms with Gasteiger partial charge in [-0.15, -0.1) is 0 Å². The average molecular weight is 477 g/mol. The molecule has 1 aliphatic carbocycles. The van der Waals surface area contributed by atoms with Crippen LogP contribution in [0.2, 0.25) is 0 Å². The number of aromatic nitrogens is 4. The van der Waals surface area contributed by atoms with Crippen molar-refractivity contribution in [3.8, 4) is 11.3 Å². The number of rotatable bonds is 5. The van der Waals surface area contributed by atoms with E-state index in [1.54, 1.807) is 0 Å². The zero-order valence-corrected chi connectivity index (χ0v) is 20.2. The number of nitrogen functional groups attached to an aromatic ring is 1. The van der Waals surface area contributed by atoms with Gasteiger partial charge in [-0.3, -0.25) is 4.79 Å². The van der Waals surface area contributed by atoms with Gasteiger partial charge in [-0.2, -0.15) is 5.10 Å². The number of anilines is 1. The first-order chi connectivity index (χ1) is 17.6. The molecule has 2 aromatic heterocycles. The monoisotopic (exact) mass is 476 g/mol. The lowest BCUT2D eigenvalue weighted by molar-refractivity contribution is 0.0950. The molecular weight excluding hydrogens is 448 g/mol. The number of amides is 1. The average Bonchev–Trinajstić information content (AvgIpc) is 3.56. The zero-order valence-electron chi connectivity index (χ0n) is 20.2. The molecule has 0 atom stereocenters. The van der Waals surface area contributed by atoms with Crippen molar-refractivity contribution in [1.29, 1.82) is 0 Å². The molecule has 3 aromatic carbocycles. The normalized spacial score (nSPS) is 14.0. The van der Waals surface area contributed by atoms with Gasteiger partial charge in [0.2, 0.25) is 0 Å². The number of aryl methyl sites for hydroxylation is 1. The van der Waals surface area contributed by atoms with Crippen molar-refractivity contribution in [2.45, 2.75) is 45.2 Å². The summed E-state index contributed by atoms with van der Waals surface area (Å²) in [6.07, 6.45) is 6.14. The van der Waals surface area contributed by atoms with E-state index in [0.717, 1.165) is 57.0 Å². The molecule has 6 rings (SSSR count). The zero-order chi connectivity index (χ0) is 24.6. The van der Waals surface area contributed by atoms with Crippen LogP contribution in [0.25, 0.3) is 33.1 Å². The number of nitrogens with zero attached hydrogens (tertiary/aromatic N) is 4. The maximum atomic E-state index is 12.9. The number of fused-ring (bicyclic) bond motifs is 2. The second-order valence-corrected chi connectivity index (χ2v) is 9.58. The number of nitrogens with one attached hydrogen (secondary N) is 1. The van der Waals surface area contributed by atoms with E-state index in [2.05, 4.69) is 27.4 Å².